The highest BCUT2D eigenvalue weighted by atomic mass is 16.5. The maximum atomic E-state index is 11.9. The predicted molar refractivity (Wildman–Crippen MR) is 74.8 cm³/mol. The fraction of sp³-hybridized carbons (Fsp3) is 0.400. The fourth-order valence-electron chi connectivity index (χ4n) is 1.63. The predicted octanol–water partition coefficient (Wildman–Crippen LogP) is 2.29. The van der Waals surface area contributed by atoms with Crippen molar-refractivity contribution >= 4 is 18.0 Å². The van der Waals surface area contributed by atoms with Crippen molar-refractivity contribution in [2.45, 2.75) is 27.2 Å². The molecule has 0 saturated carbocycles. The van der Waals surface area contributed by atoms with Gasteiger partial charge in [-0.2, -0.15) is 0 Å². The van der Waals surface area contributed by atoms with Gasteiger partial charge < -0.3 is 9.47 Å². The van der Waals surface area contributed by atoms with E-state index in [2.05, 4.69) is 4.98 Å². The highest BCUT2D eigenvalue weighted by molar-refractivity contribution is 5.98. The van der Waals surface area contributed by atoms with Crippen molar-refractivity contribution in [2.24, 2.45) is 0 Å². The van der Waals surface area contributed by atoms with E-state index < -0.39 is 11.9 Å². The maximum absolute atomic E-state index is 11.9. The minimum atomic E-state index is -0.505. The van der Waals surface area contributed by atoms with Crippen molar-refractivity contribution in [1.29, 1.82) is 0 Å². The summed E-state index contributed by atoms with van der Waals surface area (Å²) in [7, 11) is 0. The number of nitrogens with zero attached hydrogens (tertiary/aromatic N) is 1. The number of pyridine rings is 1. The van der Waals surface area contributed by atoms with Gasteiger partial charge in [-0.3, -0.25) is 9.78 Å². The van der Waals surface area contributed by atoms with Crippen LogP contribution in [0.4, 0.5) is 0 Å². The third kappa shape index (κ3) is 5.22. The van der Waals surface area contributed by atoms with Gasteiger partial charge in [-0.1, -0.05) is 0 Å². The van der Waals surface area contributed by atoms with Crippen LogP contribution < -0.4 is 0 Å². The SMILES string of the molecule is CCOC(=O)CC(=Cc1ccnc(C)c1)C(=O)OCC. The smallest absolute Gasteiger partial charge is 0.334 e. The van der Waals surface area contributed by atoms with Crippen LogP contribution in [-0.2, 0) is 19.1 Å². The molecular formula is C15H19NO4. The van der Waals surface area contributed by atoms with E-state index in [0.29, 0.717) is 0 Å². The summed E-state index contributed by atoms with van der Waals surface area (Å²) in [5.41, 5.74) is 1.90. The zero-order chi connectivity index (χ0) is 15.0. The zero-order valence-corrected chi connectivity index (χ0v) is 12.0. The van der Waals surface area contributed by atoms with Crippen LogP contribution in [-0.4, -0.2) is 30.1 Å². The highest BCUT2D eigenvalue weighted by Crippen LogP contribution is 2.13. The molecule has 5 heteroatoms. The molecule has 0 unspecified atom stereocenters. The van der Waals surface area contributed by atoms with Gasteiger partial charge in [0.15, 0.2) is 0 Å². The van der Waals surface area contributed by atoms with E-state index in [4.69, 9.17) is 9.47 Å². The summed E-state index contributed by atoms with van der Waals surface area (Å²) in [5.74, 6) is -0.951. The molecule has 0 amide bonds. The van der Waals surface area contributed by atoms with Gasteiger partial charge in [0, 0.05) is 17.5 Å². The number of carbonyl (C=O) groups excluding carboxylic acids is 2. The summed E-state index contributed by atoms with van der Waals surface area (Å²) in [6, 6.07) is 3.59. The number of aromatic nitrogens is 1. The van der Waals surface area contributed by atoms with Crippen LogP contribution in [0, 0.1) is 6.92 Å². The van der Waals surface area contributed by atoms with Crippen LogP contribution in [0.15, 0.2) is 23.9 Å². The summed E-state index contributed by atoms with van der Waals surface area (Å²) in [4.78, 5) is 27.5. The molecular weight excluding hydrogens is 258 g/mol. The van der Waals surface area contributed by atoms with E-state index in [1.165, 1.54) is 0 Å². The molecule has 1 aromatic rings. The molecule has 1 aromatic heterocycles. The Hall–Kier alpha value is -2.17. The number of ether oxygens (including phenoxy) is 2. The van der Waals surface area contributed by atoms with Crippen LogP contribution in [0.2, 0.25) is 0 Å². The van der Waals surface area contributed by atoms with E-state index in [-0.39, 0.29) is 25.2 Å². The Morgan fingerprint density at radius 3 is 2.55 bits per heavy atom. The second-order valence-corrected chi connectivity index (χ2v) is 4.10. The number of aryl methyl sites for hydroxylation is 1. The Morgan fingerprint density at radius 2 is 1.95 bits per heavy atom. The average molecular weight is 277 g/mol. The summed E-state index contributed by atoms with van der Waals surface area (Å²) >= 11 is 0. The molecule has 1 heterocycles. The molecule has 0 fully saturated rings. The van der Waals surface area contributed by atoms with Crippen LogP contribution >= 0.6 is 0 Å². The molecule has 0 aliphatic carbocycles. The van der Waals surface area contributed by atoms with Gasteiger partial charge in [-0.25, -0.2) is 4.79 Å². The Morgan fingerprint density at radius 1 is 1.25 bits per heavy atom. The van der Waals surface area contributed by atoms with Gasteiger partial charge in [-0.15, -0.1) is 0 Å². The topological polar surface area (TPSA) is 65.5 Å². The molecule has 108 valence electrons. The fourth-order valence-corrected chi connectivity index (χ4v) is 1.63. The Bertz CT molecular complexity index is 508. The van der Waals surface area contributed by atoms with Gasteiger partial charge in [0.25, 0.3) is 0 Å². The molecule has 5 nitrogen and oxygen atoms in total. The normalized spacial score (nSPS) is 11.1. The van der Waals surface area contributed by atoms with Gasteiger partial charge in [0.2, 0.25) is 0 Å². The van der Waals surface area contributed by atoms with Crippen molar-refractivity contribution in [2.75, 3.05) is 13.2 Å². The van der Waals surface area contributed by atoms with Gasteiger partial charge >= 0.3 is 11.9 Å². The van der Waals surface area contributed by atoms with E-state index in [1.807, 2.05) is 13.0 Å². The largest absolute Gasteiger partial charge is 0.466 e. The number of esters is 2. The number of rotatable bonds is 6. The molecule has 0 bridgehead atoms. The van der Waals surface area contributed by atoms with Crippen molar-refractivity contribution in [3.8, 4) is 0 Å². The average Bonchev–Trinajstić information content (AvgIpc) is 2.38. The van der Waals surface area contributed by atoms with Crippen molar-refractivity contribution in [3.63, 3.8) is 0 Å². The third-order valence-corrected chi connectivity index (χ3v) is 2.44. The monoisotopic (exact) mass is 277 g/mol. The van der Waals surface area contributed by atoms with Crippen LogP contribution in [0.25, 0.3) is 6.08 Å². The third-order valence-electron chi connectivity index (χ3n) is 2.44. The second kappa shape index (κ2) is 8.09. The van der Waals surface area contributed by atoms with Crippen molar-refractivity contribution in [1.82, 2.24) is 4.98 Å². The first-order chi connectivity index (χ1) is 9.56. The lowest BCUT2D eigenvalue weighted by atomic mass is 10.1. The molecule has 0 atom stereocenters. The van der Waals surface area contributed by atoms with Gasteiger partial charge in [0.05, 0.1) is 19.6 Å². The summed E-state index contributed by atoms with van der Waals surface area (Å²) in [5, 5.41) is 0. The van der Waals surface area contributed by atoms with Crippen LogP contribution in [0.5, 0.6) is 0 Å². The Labute approximate surface area is 118 Å². The lowest BCUT2D eigenvalue weighted by molar-refractivity contribution is -0.145. The summed E-state index contributed by atoms with van der Waals surface area (Å²) < 4.78 is 9.82. The standard InChI is InChI=1S/C15H19NO4/c1-4-19-14(17)10-13(15(18)20-5-2)9-12-6-7-16-11(3)8-12/h6-9H,4-5,10H2,1-3H3. The molecule has 0 radical (unpaired) electrons. The number of hydrogen-bond acceptors (Lipinski definition) is 5. The molecule has 0 saturated heterocycles. The number of hydrogen-bond donors (Lipinski definition) is 0. The first kappa shape index (κ1) is 15.9. The summed E-state index contributed by atoms with van der Waals surface area (Å²) in [6.45, 7) is 5.83. The summed E-state index contributed by atoms with van der Waals surface area (Å²) in [6.07, 6.45) is 3.17. The Kier molecular flexibility index (Phi) is 6.43. The Balaban J connectivity index is 2.97. The first-order valence-corrected chi connectivity index (χ1v) is 6.52. The molecule has 20 heavy (non-hydrogen) atoms. The van der Waals surface area contributed by atoms with Crippen molar-refractivity contribution < 1.29 is 19.1 Å². The van der Waals surface area contributed by atoms with Gasteiger partial charge in [0.1, 0.15) is 0 Å². The molecule has 1 rings (SSSR count). The van der Waals surface area contributed by atoms with E-state index in [9.17, 15) is 9.59 Å². The number of carbonyl (C=O) groups is 2. The molecule has 0 aromatic carbocycles. The quantitative estimate of drug-likeness (QED) is 0.589. The lowest BCUT2D eigenvalue weighted by Gasteiger charge is -2.07. The molecule has 0 aliphatic rings. The first-order valence-electron chi connectivity index (χ1n) is 6.52. The van der Waals surface area contributed by atoms with Gasteiger partial charge in [-0.05, 0) is 44.5 Å². The van der Waals surface area contributed by atoms with Crippen LogP contribution in [0.3, 0.4) is 0 Å². The zero-order valence-electron chi connectivity index (χ0n) is 12.0. The van der Waals surface area contributed by atoms with Crippen molar-refractivity contribution in [3.05, 3.63) is 35.2 Å². The van der Waals surface area contributed by atoms with E-state index in [1.54, 1.807) is 32.2 Å². The minimum Gasteiger partial charge on any atom is -0.466 e. The highest BCUT2D eigenvalue weighted by Gasteiger charge is 2.16. The molecule has 0 aliphatic heterocycles. The molecule has 0 spiro atoms. The minimum absolute atomic E-state index is 0.103. The lowest BCUT2D eigenvalue weighted by Crippen LogP contribution is -2.13. The van der Waals surface area contributed by atoms with E-state index >= 15 is 0 Å². The van der Waals surface area contributed by atoms with E-state index in [0.717, 1.165) is 11.3 Å². The molecule has 0 N–H and O–H groups in total. The second-order valence-electron chi connectivity index (χ2n) is 4.10. The maximum Gasteiger partial charge on any atom is 0.334 e. The van der Waals surface area contributed by atoms with Crippen LogP contribution in [0.1, 0.15) is 31.5 Å².